The summed E-state index contributed by atoms with van der Waals surface area (Å²) in [6, 6.07) is 0. The van der Waals surface area contributed by atoms with Crippen LogP contribution in [0.15, 0.2) is 0 Å². The smallest absolute Gasteiger partial charge is 0.0933 e. The van der Waals surface area contributed by atoms with Crippen LogP contribution in [0.3, 0.4) is 0 Å². The molecule has 2 N–H and O–H groups in total. The number of ether oxygens (including phenoxy) is 2. The number of aliphatic hydroxyl groups excluding tert-OH is 1. The fourth-order valence-electron chi connectivity index (χ4n) is 1.26. The zero-order valence-corrected chi connectivity index (χ0v) is 8.00. The van der Waals surface area contributed by atoms with Gasteiger partial charge in [-0.25, -0.2) is 0 Å². The first-order valence-corrected chi connectivity index (χ1v) is 4.94. The van der Waals surface area contributed by atoms with Gasteiger partial charge in [0.15, 0.2) is 0 Å². The van der Waals surface area contributed by atoms with Gasteiger partial charge in [0.05, 0.1) is 19.3 Å². The van der Waals surface area contributed by atoms with Crippen LogP contribution in [-0.2, 0) is 9.47 Å². The second kappa shape index (κ2) is 7.26. The second-order valence-electron chi connectivity index (χ2n) is 3.20. The van der Waals surface area contributed by atoms with E-state index in [0.29, 0.717) is 6.61 Å². The molecule has 78 valence electrons. The topological polar surface area (TPSA) is 50.7 Å². The van der Waals surface area contributed by atoms with E-state index in [1.807, 2.05) is 0 Å². The molecule has 0 aliphatic carbocycles. The summed E-state index contributed by atoms with van der Waals surface area (Å²) < 4.78 is 10.8. The van der Waals surface area contributed by atoms with Crippen molar-refractivity contribution in [2.45, 2.75) is 18.9 Å². The van der Waals surface area contributed by atoms with E-state index in [9.17, 15) is 0 Å². The van der Waals surface area contributed by atoms with E-state index in [1.54, 1.807) is 0 Å². The lowest BCUT2D eigenvalue weighted by Gasteiger charge is -2.23. The molecule has 1 atom stereocenters. The Morgan fingerprint density at radius 3 is 3.08 bits per heavy atom. The van der Waals surface area contributed by atoms with Crippen LogP contribution < -0.4 is 5.32 Å². The van der Waals surface area contributed by atoms with E-state index in [1.165, 1.54) is 0 Å². The Hall–Kier alpha value is -0.160. The van der Waals surface area contributed by atoms with Gasteiger partial charge in [-0.05, 0) is 12.8 Å². The Balaban J connectivity index is 1.86. The third-order valence-corrected chi connectivity index (χ3v) is 2.00. The fraction of sp³-hybridized carbons (Fsp3) is 1.00. The van der Waals surface area contributed by atoms with Crippen LogP contribution >= 0.6 is 0 Å². The molecule has 1 aliphatic heterocycles. The number of rotatable bonds is 6. The highest BCUT2D eigenvalue weighted by Crippen LogP contribution is 1.97. The van der Waals surface area contributed by atoms with Crippen LogP contribution in [0.4, 0.5) is 0 Å². The van der Waals surface area contributed by atoms with Gasteiger partial charge in [0, 0.05) is 26.3 Å². The molecule has 4 heteroatoms. The second-order valence-corrected chi connectivity index (χ2v) is 3.20. The van der Waals surface area contributed by atoms with Crippen LogP contribution in [0.5, 0.6) is 0 Å². The first-order valence-electron chi connectivity index (χ1n) is 4.94. The maximum Gasteiger partial charge on any atom is 0.0933 e. The van der Waals surface area contributed by atoms with E-state index >= 15 is 0 Å². The van der Waals surface area contributed by atoms with Crippen LogP contribution in [0.25, 0.3) is 0 Å². The van der Waals surface area contributed by atoms with Crippen molar-refractivity contribution in [3.8, 4) is 0 Å². The predicted molar refractivity (Wildman–Crippen MR) is 49.7 cm³/mol. The highest BCUT2D eigenvalue weighted by atomic mass is 16.5. The number of unbranched alkanes of at least 4 members (excludes halogenated alkanes) is 1. The summed E-state index contributed by atoms with van der Waals surface area (Å²) in [4.78, 5) is 0. The molecule has 13 heavy (non-hydrogen) atoms. The number of morpholine rings is 1. The number of nitrogens with one attached hydrogen (secondary N) is 1. The lowest BCUT2D eigenvalue weighted by molar-refractivity contribution is -0.0322. The molecule has 0 bridgehead atoms. The first kappa shape index (κ1) is 10.9. The molecule has 0 saturated carbocycles. The van der Waals surface area contributed by atoms with Gasteiger partial charge < -0.3 is 19.9 Å². The Kier molecular flexibility index (Phi) is 6.10. The fourth-order valence-corrected chi connectivity index (χ4v) is 1.26. The average molecular weight is 189 g/mol. The molecule has 1 fully saturated rings. The molecule has 0 aromatic carbocycles. The van der Waals surface area contributed by atoms with Crippen LogP contribution in [0, 0.1) is 0 Å². The van der Waals surface area contributed by atoms with Gasteiger partial charge in [-0.3, -0.25) is 0 Å². The van der Waals surface area contributed by atoms with Crippen molar-refractivity contribution in [1.82, 2.24) is 5.32 Å². The molecule has 0 aromatic heterocycles. The first-order chi connectivity index (χ1) is 6.43. The van der Waals surface area contributed by atoms with E-state index in [2.05, 4.69) is 5.32 Å². The summed E-state index contributed by atoms with van der Waals surface area (Å²) in [5.41, 5.74) is 0. The zero-order valence-electron chi connectivity index (χ0n) is 8.00. The van der Waals surface area contributed by atoms with Crippen molar-refractivity contribution < 1.29 is 14.6 Å². The maximum atomic E-state index is 8.52. The standard InChI is InChI=1S/C9H19NO3/c11-4-1-2-5-12-8-9-7-10-3-6-13-9/h9-11H,1-8H2. The number of aliphatic hydroxyl groups is 1. The van der Waals surface area contributed by atoms with Gasteiger partial charge in [0.2, 0.25) is 0 Å². The van der Waals surface area contributed by atoms with Crippen LogP contribution in [-0.4, -0.2) is 50.7 Å². The molecule has 1 saturated heterocycles. The monoisotopic (exact) mass is 189 g/mol. The zero-order chi connectivity index (χ0) is 9.36. The van der Waals surface area contributed by atoms with Crippen LogP contribution in [0.2, 0.25) is 0 Å². The summed E-state index contributed by atoms with van der Waals surface area (Å²) in [7, 11) is 0. The number of hydrogen-bond donors (Lipinski definition) is 2. The number of hydrogen-bond acceptors (Lipinski definition) is 4. The molecule has 0 spiro atoms. The van der Waals surface area contributed by atoms with Crippen molar-refractivity contribution in [2.75, 3.05) is 39.5 Å². The van der Waals surface area contributed by atoms with Crippen molar-refractivity contribution >= 4 is 0 Å². The predicted octanol–water partition coefficient (Wildman–Crippen LogP) is -0.236. The Bertz CT molecular complexity index is 115. The minimum absolute atomic E-state index is 0.211. The van der Waals surface area contributed by atoms with Crippen molar-refractivity contribution in [3.63, 3.8) is 0 Å². The third kappa shape index (κ3) is 5.21. The molecule has 1 unspecified atom stereocenters. The molecule has 1 rings (SSSR count). The van der Waals surface area contributed by atoms with Crippen molar-refractivity contribution in [1.29, 1.82) is 0 Å². The summed E-state index contributed by atoms with van der Waals surface area (Å²) in [5, 5.41) is 11.8. The molecular weight excluding hydrogens is 170 g/mol. The highest BCUT2D eigenvalue weighted by molar-refractivity contribution is 4.65. The van der Waals surface area contributed by atoms with Gasteiger partial charge in [-0.15, -0.1) is 0 Å². The Morgan fingerprint density at radius 2 is 2.38 bits per heavy atom. The maximum absolute atomic E-state index is 8.52. The van der Waals surface area contributed by atoms with Crippen molar-refractivity contribution in [2.24, 2.45) is 0 Å². The Morgan fingerprint density at radius 1 is 1.46 bits per heavy atom. The summed E-state index contributed by atoms with van der Waals surface area (Å²) in [5.74, 6) is 0. The van der Waals surface area contributed by atoms with Gasteiger partial charge in [-0.1, -0.05) is 0 Å². The van der Waals surface area contributed by atoms with Gasteiger partial charge in [-0.2, -0.15) is 0 Å². The van der Waals surface area contributed by atoms with E-state index in [4.69, 9.17) is 14.6 Å². The molecule has 0 aromatic rings. The van der Waals surface area contributed by atoms with E-state index in [0.717, 1.165) is 39.1 Å². The molecule has 1 aliphatic rings. The lowest BCUT2D eigenvalue weighted by atomic mass is 10.3. The van der Waals surface area contributed by atoms with E-state index < -0.39 is 0 Å². The largest absolute Gasteiger partial charge is 0.396 e. The summed E-state index contributed by atoms with van der Waals surface area (Å²) in [6.45, 7) is 4.26. The molecule has 0 amide bonds. The van der Waals surface area contributed by atoms with Gasteiger partial charge in [0.25, 0.3) is 0 Å². The summed E-state index contributed by atoms with van der Waals surface area (Å²) >= 11 is 0. The molecular formula is C9H19NO3. The minimum Gasteiger partial charge on any atom is -0.396 e. The van der Waals surface area contributed by atoms with Crippen LogP contribution in [0.1, 0.15) is 12.8 Å². The summed E-state index contributed by atoms with van der Waals surface area (Å²) in [6.07, 6.45) is 1.96. The third-order valence-electron chi connectivity index (χ3n) is 2.00. The average Bonchev–Trinajstić information content (AvgIpc) is 2.19. The van der Waals surface area contributed by atoms with Crippen molar-refractivity contribution in [3.05, 3.63) is 0 Å². The quantitative estimate of drug-likeness (QED) is 0.566. The van der Waals surface area contributed by atoms with E-state index in [-0.39, 0.29) is 12.7 Å². The molecule has 1 heterocycles. The lowest BCUT2D eigenvalue weighted by Crippen LogP contribution is -2.41. The van der Waals surface area contributed by atoms with Gasteiger partial charge in [0.1, 0.15) is 0 Å². The normalized spacial score (nSPS) is 23.3. The van der Waals surface area contributed by atoms with Gasteiger partial charge >= 0.3 is 0 Å². The SMILES string of the molecule is OCCCCOCC1CNCCO1. The highest BCUT2D eigenvalue weighted by Gasteiger charge is 2.12. The Labute approximate surface area is 79.2 Å². The minimum atomic E-state index is 0.211. The molecule has 0 radical (unpaired) electrons. The molecule has 4 nitrogen and oxygen atoms in total.